The van der Waals surface area contributed by atoms with Gasteiger partial charge < -0.3 is 10.1 Å². The second kappa shape index (κ2) is 6.21. The molecule has 20 heavy (non-hydrogen) atoms. The highest BCUT2D eigenvalue weighted by atomic mass is 35.5. The van der Waals surface area contributed by atoms with Gasteiger partial charge in [0.05, 0.1) is 19.0 Å². The van der Waals surface area contributed by atoms with E-state index in [1.807, 2.05) is 0 Å². The first kappa shape index (κ1) is 14.1. The highest BCUT2D eigenvalue weighted by Gasteiger charge is 2.09. The van der Waals surface area contributed by atoms with Gasteiger partial charge in [0.1, 0.15) is 6.54 Å². The Hall–Kier alpha value is -2.34. The second-order valence-electron chi connectivity index (χ2n) is 3.97. The Kier molecular flexibility index (Phi) is 4.37. The summed E-state index contributed by atoms with van der Waals surface area (Å²) in [5, 5.41) is 7.09. The second-order valence-corrected chi connectivity index (χ2v) is 4.40. The molecule has 7 heteroatoms. The summed E-state index contributed by atoms with van der Waals surface area (Å²) >= 11 is 5.82. The van der Waals surface area contributed by atoms with E-state index in [4.69, 9.17) is 11.6 Å². The van der Waals surface area contributed by atoms with Gasteiger partial charge in [-0.25, -0.2) is 0 Å². The van der Waals surface area contributed by atoms with Crippen molar-refractivity contribution < 1.29 is 14.3 Å². The van der Waals surface area contributed by atoms with Crippen molar-refractivity contribution in [2.45, 2.75) is 6.54 Å². The molecular formula is C13H12ClN3O3. The molecule has 1 aromatic carbocycles. The maximum atomic E-state index is 12.0. The number of methoxy groups -OCH3 is 1. The number of esters is 1. The average molecular weight is 294 g/mol. The lowest BCUT2D eigenvalue weighted by molar-refractivity contribution is -0.141. The van der Waals surface area contributed by atoms with Crippen LogP contribution < -0.4 is 5.32 Å². The first-order valence-electron chi connectivity index (χ1n) is 5.74. The minimum absolute atomic E-state index is 0.0104. The standard InChI is InChI=1S/C13H12ClN3O3/c1-20-12(18)8-17-7-11(6-15-17)16-13(19)9-3-2-4-10(14)5-9/h2-7H,8H2,1H3,(H,16,19). The van der Waals surface area contributed by atoms with E-state index in [0.29, 0.717) is 16.3 Å². The van der Waals surface area contributed by atoms with Crippen LogP contribution in [0.5, 0.6) is 0 Å². The fourth-order valence-electron chi connectivity index (χ4n) is 1.54. The molecule has 1 heterocycles. The Bertz CT molecular complexity index is 639. The summed E-state index contributed by atoms with van der Waals surface area (Å²) in [6.07, 6.45) is 2.99. The van der Waals surface area contributed by atoms with Gasteiger partial charge in [0.2, 0.25) is 0 Å². The summed E-state index contributed by atoms with van der Waals surface area (Å²) in [5.41, 5.74) is 0.928. The van der Waals surface area contributed by atoms with Crippen LogP contribution in [0.2, 0.25) is 5.02 Å². The third-order valence-corrected chi connectivity index (χ3v) is 2.73. The van der Waals surface area contributed by atoms with Crippen LogP contribution in [0.1, 0.15) is 10.4 Å². The summed E-state index contributed by atoms with van der Waals surface area (Å²) in [6, 6.07) is 6.60. The number of hydrogen-bond donors (Lipinski definition) is 1. The third kappa shape index (κ3) is 3.58. The van der Waals surface area contributed by atoms with E-state index >= 15 is 0 Å². The number of benzene rings is 1. The van der Waals surface area contributed by atoms with Crippen LogP contribution in [0.4, 0.5) is 5.69 Å². The zero-order valence-corrected chi connectivity index (χ0v) is 11.4. The van der Waals surface area contributed by atoms with Crippen molar-refractivity contribution in [1.29, 1.82) is 0 Å². The van der Waals surface area contributed by atoms with Gasteiger partial charge in [0, 0.05) is 16.8 Å². The zero-order chi connectivity index (χ0) is 14.5. The van der Waals surface area contributed by atoms with Crippen molar-refractivity contribution in [3.05, 3.63) is 47.2 Å². The van der Waals surface area contributed by atoms with Gasteiger partial charge in [-0.3, -0.25) is 14.3 Å². The predicted molar refractivity (Wildman–Crippen MR) is 73.6 cm³/mol. The first-order valence-corrected chi connectivity index (χ1v) is 6.12. The lowest BCUT2D eigenvalue weighted by atomic mass is 10.2. The third-order valence-electron chi connectivity index (χ3n) is 2.50. The van der Waals surface area contributed by atoms with E-state index < -0.39 is 5.97 Å². The number of ether oxygens (including phenoxy) is 1. The van der Waals surface area contributed by atoms with E-state index in [1.54, 1.807) is 30.5 Å². The van der Waals surface area contributed by atoms with Gasteiger partial charge in [0.15, 0.2) is 0 Å². The molecule has 1 aromatic heterocycles. The number of hydrogen-bond acceptors (Lipinski definition) is 4. The number of amides is 1. The van der Waals surface area contributed by atoms with Gasteiger partial charge in [-0.2, -0.15) is 5.10 Å². The number of nitrogens with zero attached hydrogens (tertiary/aromatic N) is 2. The van der Waals surface area contributed by atoms with Crippen LogP contribution in [0, 0.1) is 0 Å². The topological polar surface area (TPSA) is 73.2 Å². The number of nitrogens with one attached hydrogen (secondary N) is 1. The molecule has 2 aromatic rings. The van der Waals surface area contributed by atoms with Crippen molar-refractivity contribution >= 4 is 29.2 Å². The van der Waals surface area contributed by atoms with Crippen LogP contribution in [0.3, 0.4) is 0 Å². The fourth-order valence-corrected chi connectivity index (χ4v) is 1.73. The quantitative estimate of drug-likeness (QED) is 0.875. The van der Waals surface area contributed by atoms with Gasteiger partial charge in [-0.15, -0.1) is 0 Å². The summed E-state index contributed by atoms with van der Waals surface area (Å²) in [6.45, 7) is -0.0104. The minimum Gasteiger partial charge on any atom is -0.468 e. The van der Waals surface area contributed by atoms with Crippen molar-refractivity contribution in [2.24, 2.45) is 0 Å². The number of carbonyl (C=O) groups excluding carboxylic acids is 2. The van der Waals surface area contributed by atoms with Crippen LogP contribution in [-0.2, 0) is 16.1 Å². The predicted octanol–water partition coefficient (Wildman–Crippen LogP) is 1.96. The van der Waals surface area contributed by atoms with E-state index in [1.165, 1.54) is 18.0 Å². The Morgan fingerprint density at radius 1 is 1.45 bits per heavy atom. The molecule has 0 aliphatic heterocycles. The van der Waals surface area contributed by atoms with Crippen molar-refractivity contribution in [2.75, 3.05) is 12.4 Å². The minimum atomic E-state index is -0.416. The number of aromatic nitrogens is 2. The normalized spacial score (nSPS) is 10.1. The monoisotopic (exact) mass is 293 g/mol. The zero-order valence-electron chi connectivity index (χ0n) is 10.7. The van der Waals surface area contributed by atoms with Crippen molar-refractivity contribution in [3.63, 3.8) is 0 Å². The molecular weight excluding hydrogens is 282 g/mol. The van der Waals surface area contributed by atoms with Crippen LogP contribution in [0.15, 0.2) is 36.7 Å². The number of carbonyl (C=O) groups is 2. The Labute approximate surface area is 120 Å². The maximum Gasteiger partial charge on any atom is 0.327 e. The maximum absolute atomic E-state index is 12.0. The van der Waals surface area contributed by atoms with Crippen molar-refractivity contribution in [3.8, 4) is 0 Å². The molecule has 0 bridgehead atoms. The number of anilines is 1. The molecule has 0 fully saturated rings. The lowest BCUT2D eigenvalue weighted by Gasteiger charge is -2.02. The molecule has 0 spiro atoms. The molecule has 6 nitrogen and oxygen atoms in total. The molecule has 1 amide bonds. The van der Waals surface area contributed by atoms with E-state index in [2.05, 4.69) is 15.2 Å². The van der Waals surface area contributed by atoms with Crippen LogP contribution >= 0.6 is 11.6 Å². The summed E-state index contributed by atoms with van der Waals surface area (Å²) in [7, 11) is 1.30. The molecule has 0 atom stereocenters. The van der Waals surface area contributed by atoms with E-state index in [9.17, 15) is 9.59 Å². The molecule has 1 N–H and O–H groups in total. The summed E-state index contributed by atoms with van der Waals surface area (Å²) in [4.78, 5) is 23.0. The van der Waals surface area contributed by atoms with Crippen molar-refractivity contribution in [1.82, 2.24) is 9.78 Å². The lowest BCUT2D eigenvalue weighted by Crippen LogP contribution is -2.12. The molecule has 0 aliphatic rings. The van der Waals surface area contributed by atoms with Crippen LogP contribution in [-0.4, -0.2) is 28.8 Å². The summed E-state index contributed by atoms with van der Waals surface area (Å²) in [5.74, 6) is -0.717. The van der Waals surface area contributed by atoms with Gasteiger partial charge in [0.25, 0.3) is 5.91 Å². The Morgan fingerprint density at radius 2 is 2.25 bits per heavy atom. The molecule has 104 valence electrons. The number of rotatable bonds is 4. The molecule has 0 radical (unpaired) electrons. The highest BCUT2D eigenvalue weighted by Crippen LogP contribution is 2.13. The van der Waals surface area contributed by atoms with Crippen LogP contribution in [0.25, 0.3) is 0 Å². The van der Waals surface area contributed by atoms with E-state index in [0.717, 1.165) is 0 Å². The van der Waals surface area contributed by atoms with Gasteiger partial charge in [-0.1, -0.05) is 17.7 Å². The molecule has 0 saturated carbocycles. The Morgan fingerprint density at radius 3 is 2.95 bits per heavy atom. The smallest absolute Gasteiger partial charge is 0.327 e. The average Bonchev–Trinajstić information content (AvgIpc) is 2.85. The molecule has 0 aliphatic carbocycles. The molecule has 0 saturated heterocycles. The molecule has 0 unspecified atom stereocenters. The highest BCUT2D eigenvalue weighted by molar-refractivity contribution is 6.31. The largest absolute Gasteiger partial charge is 0.468 e. The Balaban J connectivity index is 2.03. The number of halogens is 1. The van der Waals surface area contributed by atoms with E-state index in [-0.39, 0.29) is 12.5 Å². The fraction of sp³-hybridized carbons (Fsp3) is 0.154. The van der Waals surface area contributed by atoms with Gasteiger partial charge in [-0.05, 0) is 18.2 Å². The van der Waals surface area contributed by atoms with Gasteiger partial charge >= 0.3 is 5.97 Å². The first-order chi connectivity index (χ1) is 9.58. The molecule has 2 rings (SSSR count). The SMILES string of the molecule is COC(=O)Cn1cc(NC(=O)c2cccc(Cl)c2)cn1. The summed E-state index contributed by atoms with van der Waals surface area (Å²) < 4.78 is 5.90.